The summed E-state index contributed by atoms with van der Waals surface area (Å²) in [5.74, 6) is -1.07. The van der Waals surface area contributed by atoms with Crippen LogP contribution in [-0.2, 0) is 6.54 Å². The molecule has 2 aromatic carbocycles. The van der Waals surface area contributed by atoms with Crippen LogP contribution < -0.4 is 0 Å². The molecule has 0 spiro atoms. The van der Waals surface area contributed by atoms with Crippen LogP contribution in [0.3, 0.4) is 0 Å². The molecule has 0 amide bonds. The largest absolute Gasteiger partial charge is 0.476 e. The number of aryl methyl sites for hydroxylation is 3. The minimum absolute atomic E-state index is 0.0223. The van der Waals surface area contributed by atoms with E-state index in [0.29, 0.717) is 12.2 Å². The molecule has 1 heterocycles. The van der Waals surface area contributed by atoms with Crippen LogP contribution in [-0.4, -0.2) is 26.1 Å². The second-order valence-electron chi connectivity index (χ2n) is 6.05. The van der Waals surface area contributed by atoms with Gasteiger partial charge in [-0.15, -0.1) is 5.10 Å². The zero-order valence-corrected chi connectivity index (χ0v) is 13.9. The number of benzene rings is 2. The van der Waals surface area contributed by atoms with Crippen molar-refractivity contribution in [3.05, 3.63) is 70.4 Å². The van der Waals surface area contributed by atoms with E-state index in [0.717, 1.165) is 27.8 Å². The minimum Gasteiger partial charge on any atom is -0.476 e. The molecule has 122 valence electrons. The monoisotopic (exact) mass is 321 g/mol. The van der Waals surface area contributed by atoms with Crippen molar-refractivity contribution >= 4 is 5.97 Å². The van der Waals surface area contributed by atoms with Gasteiger partial charge in [-0.25, -0.2) is 9.48 Å². The average molecular weight is 321 g/mol. The molecule has 5 nitrogen and oxygen atoms in total. The molecule has 0 bridgehead atoms. The molecule has 1 N–H and O–H groups in total. The second-order valence-corrected chi connectivity index (χ2v) is 6.05. The van der Waals surface area contributed by atoms with Crippen LogP contribution in [0.25, 0.3) is 11.3 Å². The maximum Gasteiger partial charge on any atom is 0.358 e. The topological polar surface area (TPSA) is 68.0 Å². The molecular weight excluding hydrogens is 302 g/mol. The van der Waals surface area contributed by atoms with Gasteiger partial charge in [0.05, 0.1) is 6.54 Å². The summed E-state index contributed by atoms with van der Waals surface area (Å²) in [7, 11) is 0. The number of carboxylic acids is 1. The van der Waals surface area contributed by atoms with Gasteiger partial charge in [-0.1, -0.05) is 52.7 Å². The molecule has 24 heavy (non-hydrogen) atoms. The Morgan fingerprint density at radius 1 is 1.08 bits per heavy atom. The molecule has 0 radical (unpaired) electrons. The lowest BCUT2D eigenvalue weighted by Crippen LogP contribution is -2.07. The first-order chi connectivity index (χ1) is 11.5. The highest BCUT2D eigenvalue weighted by molar-refractivity contribution is 5.92. The van der Waals surface area contributed by atoms with Crippen LogP contribution in [0, 0.1) is 20.8 Å². The number of carboxylic acid groups (broad SMARTS) is 1. The zero-order chi connectivity index (χ0) is 17.3. The zero-order valence-electron chi connectivity index (χ0n) is 13.9. The Hall–Kier alpha value is -2.95. The number of rotatable bonds is 4. The third kappa shape index (κ3) is 3.06. The Labute approximate surface area is 140 Å². The highest BCUT2D eigenvalue weighted by Crippen LogP contribution is 2.25. The lowest BCUT2D eigenvalue weighted by Gasteiger charge is -2.11. The van der Waals surface area contributed by atoms with Crippen LogP contribution in [0.4, 0.5) is 0 Å². The lowest BCUT2D eigenvalue weighted by atomic mass is 10.0. The van der Waals surface area contributed by atoms with Gasteiger partial charge in [-0.3, -0.25) is 0 Å². The number of hydrogen-bond donors (Lipinski definition) is 1. The predicted octanol–water partition coefficient (Wildman–Crippen LogP) is 3.62. The summed E-state index contributed by atoms with van der Waals surface area (Å²) in [4.78, 5) is 11.6. The molecule has 0 saturated heterocycles. The summed E-state index contributed by atoms with van der Waals surface area (Å²) >= 11 is 0. The summed E-state index contributed by atoms with van der Waals surface area (Å²) in [5.41, 5.74) is 5.78. The number of aromatic nitrogens is 3. The van der Waals surface area contributed by atoms with Crippen molar-refractivity contribution in [2.75, 3.05) is 0 Å². The molecule has 3 aromatic rings. The minimum atomic E-state index is -1.07. The Morgan fingerprint density at radius 3 is 2.54 bits per heavy atom. The molecule has 0 atom stereocenters. The van der Waals surface area contributed by atoms with Gasteiger partial charge in [0.1, 0.15) is 5.69 Å². The first kappa shape index (κ1) is 15.9. The van der Waals surface area contributed by atoms with E-state index in [1.54, 1.807) is 4.68 Å². The van der Waals surface area contributed by atoms with E-state index in [1.165, 1.54) is 0 Å². The fraction of sp³-hybridized carbons (Fsp3) is 0.211. The SMILES string of the molecule is Cc1cccc(-c2c(C(=O)O)nnn2Cc2cc(C)ccc2C)c1. The van der Waals surface area contributed by atoms with Crippen LogP contribution in [0.1, 0.15) is 32.7 Å². The molecule has 0 saturated carbocycles. The number of aromatic carboxylic acids is 1. The van der Waals surface area contributed by atoms with Gasteiger partial charge in [0.25, 0.3) is 0 Å². The third-order valence-corrected chi connectivity index (χ3v) is 4.05. The van der Waals surface area contributed by atoms with Crippen molar-refractivity contribution in [3.63, 3.8) is 0 Å². The highest BCUT2D eigenvalue weighted by Gasteiger charge is 2.21. The maximum atomic E-state index is 11.6. The van der Waals surface area contributed by atoms with E-state index in [1.807, 2.05) is 45.0 Å². The van der Waals surface area contributed by atoms with Gasteiger partial charge < -0.3 is 5.11 Å². The molecule has 1 aromatic heterocycles. The van der Waals surface area contributed by atoms with Crippen LogP contribution in [0.2, 0.25) is 0 Å². The lowest BCUT2D eigenvalue weighted by molar-refractivity contribution is 0.0691. The van der Waals surface area contributed by atoms with Gasteiger partial charge in [-0.2, -0.15) is 0 Å². The van der Waals surface area contributed by atoms with Crippen molar-refractivity contribution in [2.24, 2.45) is 0 Å². The standard InChI is InChI=1S/C19H19N3O2/c1-12-5-4-6-15(9-12)18-17(19(23)24)20-21-22(18)11-16-10-13(2)7-8-14(16)3/h4-10H,11H2,1-3H3,(H,23,24). The number of hydrogen-bond acceptors (Lipinski definition) is 3. The first-order valence-electron chi connectivity index (χ1n) is 7.75. The van der Waals surface area contributed by atoms with E-state index >= 15 is 0 Å². The smallest absolute Gasteiger partial charge is 0.358 e. The summed E-state index contributed by atoms with van der Waals surface area (Å²) in [6.07, 6.45) is 0. The van der Waals surface area contributed by atoms with Crippen LogP contribution in [0.15, 0.2) is 42.5 Å². The van der Waals surface area contributed by atoms with E-state index in [2.05, 4.69) is 28.5 Å². The van der Waals surface area contributed by atoms with Crippen molar-refractivity contribution in [2.45, 2.75) is 27.3 Å². The highest BCUT2D eigenvalue weighted by atomic mass is 16.4. The van der Waals surface area contributed by atoms with Crippen molar-refractivity contribution in [1.29, 1.82) is 0 Å². The normalized spacial score (nSPS) is 10.8. The third-order valence-electron chi connectivity index (χ3n) is 4.05. The van der Waals surface area contributed by atoms with Gasteiger partial charge in [0, 0.05) is 5.56 Å². The quantitative estimate of drug-likeness (QED) is 0.797. The van der Waals surface area contributed by atoms with E-state index in [4.69, 9.17) is 0 Å². The molecular formula is C19H19N3O2. The van der Waals surface area contributed by atoms with E-state index < -0.39 is 5.97 Å². The molecule has 0 aliphatic heterocycles. The molecule has 3 rings (SSSR count). The first-order valence-corrected chi connectivity index (χ1v) is 7.75. The molecule has 5 heteroatoms. The summed E-state index contributed by atoms with van der Waals surface area (Å²) in [6, 6.07) is 13.9. The number of nitrogens with zero attached hydrogens (tertiary/aromatic N) is 3. The summed E-state index contributed by atoms with van der Waals surface area (Å²) < 4.78 is 1.67. The van der Waals surface area contributed by atoms with Crippen LogP contribution in [0.5, 0.6) is 0 Å². The van der Waals surface area contributed by atoms with Crippen molar-refractivity contribution in [1.82, 2.24) is 15.0 Å². The predicted molar refractivity (Wildman–Crippen MR) is 92.2 cm³/mol. The molecule has 0 fully saturated rings. The maximum absolute atomic E-state index is 11.6. The molecule has 0 aliphatic rings. The van der Waals surface area contributed by atoms with E-state index in [-0.39, 0.29) is 5.69 Å². The molecule has 0 unspecified atom stereocenters. The Bertz CT molecular complexity index is 913. The Morgan fingerprint density at radius 2 is 1.83 bits per heavy atom. The van der Waals surface area contributed by atoms with Gasteiger partial charge >= 0.3 is 5.97 Å². The summed E-state index contributed by atoms with van der Waals surface area (Å²) in [5, 5.41) is 17.4. The van der Waals surface area contributed by atoms with Gasteiger partial charge in [-0.05, 0) is 38.0 Å². The van der Waals surface area contributed by atoms with Crippen LogP contribution >= 0.6 is 0 Å². The van der Waals surface area contributed by atoms with E-state index in [9.17, 15) is 9.90 Å². The van der Waals surface area contributed by atoms with Gasteiger partial charge in [0.15, 0.2) is 5.69 Å². The second kappa shape index (κ2) is 6.28. The van der Waals surface area contributed by atoms with Crippen molar-refractivity contribution in [3.8, 4) is 11.3 Å². The van der Waals surface area contributed by atoms with Gasteiger partial charge in [0.2, 0.25) is 0 Å². The Balaban J connectivity index is 2.12. The fourth-order valence-electron chi connectivity index (χ4n) is 2.78. The fourth-order valence-corrected chi connectivity index (χ4v) is 2.78. The number of carbonyl (C=O) groups is 1. The average Bonchev–Trinajstić information content (AvgIpc) is 2.95. The Kier molecular flexibility index (Phi) is 4.16. The van der Waals surface area contributed by atoms with Crippen molar-refractivity contribution < 1.29 is 9.90 Å². The molecule has 0 aliphatic carbocycles. The summed E-state index contributed by atoms with van der Waals surface area (Å²) in [6.45, 7) is 6.53.